The Morgan fingerprint density at radius 2 is 1.84 bits per heavy atom. The van der Waals surface area contributed by atoms with Crippen LogP contribution < -0.4 is 10.6 Å². The summed E-state index contributed by atoms with van der Waals surface area (Å²) >= 11 is 0. The fraction of sp³-hybridized carbons (Fsp3) is 0.562. The third-order valence-electron chi connectivity index (χ3n) is 3.84. The zero-order chi connectivity index (χ0) is 13.5. The molecule has 0 bridgehead atoms. The maximum absolute atomic E-state index is 12.0. The van der Waals surface area contributed by atoms with Crippen molar-refractivity contribution in [3.05, 3.63) is 29.8 Å². The second-order valence-electron chi connectivity index (χ2n) is 5.30. The first-order chi connectivity index (χ1) is 9.29. The van der Waals surface area contributed by atoms with E-state index in [2.05, 4.69) is 23.6 Å². The van der Waals surface area contributed by atoms with Gasteiger partial charge in [0.25, 0.3) is 0 Å². The molecule has 0 aliphatic heterocycles. The number of carbonyl (C=O) groups is 1. The Morgan fingerprint density at radius 3 is 2.53 bits per heavy atom. The third kappa shape index (κ3) is 4.27. The summed E-state index contributed by atoms with van der Waals surface area (Å²) in [6.07, 6.45) is 8.23. The highest BCUT2D eigenvalue weighted by Gasteiger charge is 2.15. The summed E-state index contributed by atoms with van der Waals surface area (Å²) in [5.41, 5.74) is 2.11. The number of para-hydroxylation sites is 1. The van der Waals surface area contributed by atoms with Gasteiger partial charge in [-0.05, 0) is 30.9 Å². The Hall–Kier alpha value is -1.51. The highest BCUT2D eigenvalue weighted by Crippen LogP contribution is 2.18. The summed E-state index contributed by atoms with van der Waals surface area (Å²) < 4.78 is 0. The van der Waals surface area contributed by atoms with Gasteiger partial charge in [-0.1, -0.05) is 50.8 Å². The molecule has 1 fully saturated rings. The van der Waals surface area contributed by atoms with Crippen LogP contribution in [0.15, 0.2) is 24.3 Å². The van der Waals surface area contributed by atoms with Crippen LogP contribution in [0.1, 0.15) is 51.0 Å². The molecule has 0 heterocycles. The molecule has 19 heavy (non-hydrogen) atoms. The van der Waals surface area contributed by atoms with Crippen molar-refractivity contribution in [2.24, 2.45) is 0 Å². The van der Waals surface area contributed by atoms with Crippen LogP contribution in [0, 0.1) is 0 Å². The third-order valence-corrected chi connectivity index (χ3v) is 3.84. The summed E-state index contributed by atoms with van der Waals surface area (Å²) in [5, 5.41) is 6.09. The van der Waals surface area contributed by atoms with Gasteiger partial charge in [0.05, 0.1) is 0 Å². The predicted octanol–water partition coefficient (Wildman–Crippen LogP) is 4.09. The van der Waals surface area contributed by atoms with Crippen molar-refractivity contribution < 1.29 is 4.79 Å². The minimum Gasteiger partial charge on any atom is -0.335 e. The van der Waals surface area contributed by atoms with E-state index in [1.807, 2.05) is 18.2 Å². The number of carbonyl (C=O) groups excluding carboxylic acids is 1. The molecule has 1 aromatic carbocycles. The van der Waals surface area contributed by atoms with Gasteiger partial charge in [0.1, 0.15) is 0 Å². The van der Waals surface area contributed by atoms with E-state index in [0.717, 1.165) is 24.9 Å². The highest BCUT2D eigenvalue weighted by molar-refractivity contribution is 5.90. The number of hydrogen-bond acceptors (Lipinski definition) is 1. The molecule has 1 aliphatic rings. The van der Waals surface area contributed by atoms with Crippen molar-refractivity contribution in [2.45, 2.75) is 57.9 Å². The van der Waals surface area contributed by atoms with Gasteiger partial charge in [-0.3, -0.25) is 0 Å². The number of urea groups is 1. The molecular formula is C16H24N2O. The molecule has 0 radical (unpaired) electrons. The average Bonchev–Trinajstić information content (AvgIpc) is 2.68. The van der Waals surface area contributed by atoms with Crippen LogP contribution in [0.5, 0.6) is 0 Å². The van der Waals surface area contributed by atoms with E-state index < -0.39 is 0 Å². The predicted molar refractivity (Wildman–Crippen MR) is 79.5 cm³/mol. The molecule has 1 aliphatic carbocycles. The first-order valence-corrected chi connectivity index (χ1v) is 7.45. The first-order valence-electron chi connectivity index (χ1n) is 7.45. The molecule has 1 saturated carbocycles. The van der Waals surface area contributed by atoms with E-state index in [1.54, 1.807) is 0 Å². The van der Waals surface area contributed by atoms with Crippen LogP contribution in [-0.2, 0) is 6.42 Å². The average molecular weight is 260 g/mol. The van der Waals surface area contributed by atoms with Crippen molar-refractivity contribution in [2.75, 3.05) is 5.32 Å². The zero-order valence-corrected chi connectivity index (χ0v) is 11.7. The summed E-state index contributed by atoms with van der Waals surface area (Å²) in [7, 11) is 0. The Morgan fingerprint density at radius 1 is 1.16 bits per heavy atom. The molecule has 0 saturated heterocycles. The molecule has 3 nitrogen and oxygen atoms in total. The monoisotopic (exact) mass is 260 g/mol. The van der Waals surface area contributed by atoms with Crippen LogP contribution in [0.3, 0.4) is 0 Å². The minimum atomic E-state index is -0.0622. The van der Waals surface area contributed by atoms with Gasteiger partial charge < -0.3 is 10.6 Å². The molecule has 3 heteroatoms. The molecule has 0 atom stereocenters. The number of aryl methyl sites for hydroxylation is 1. The van der Waals surface area contributed by atoms with Crippen molar-refractivity contribution in [1.82, 2.24) is 5.32 Å². The lowest BCUT2D eigenvalue weighted by Crippen LogP contribution is -2.37. The molecular weight excluding hydrogens is 236 g/mol. The van der Waals surface area contributed by atoms with Gasteiger partial charge in [-0.25, -0.2) is 4.79 Å². The Labute approximate surface area is 115 Å². The van der Waals surface area contributed by atoms with Crippen LogP contribution >= 0.6 is 0 Å². The van der Waals surface area contributed by atoms with Gasteiger partial charge in [0.15, 0.2) is 0 Å². The van der Waals surface area contributed by atoms with Crippen LogP contribution in [0.25, 0.3) is 0 Å². The maximum Gasteiger partial charge on any atom is 0.319 e. The summed E-state index contributed by atoms with van der Waals surface area (Å²) in [5.74, 6) is 0. The Kier molecular flexibility index (Phi) is 5.25. The first kappa shape index (κ1) is 13.9. The number of benzene rings is 1. The smallest absolute Gasteiger partial charge is 0.319 e. The molecule has 0 unspecified atom stereocenters. The number of amides is 2. The van der Waals surface area contributed by atoms with Gasteiger partial charge in [-0.15, -0.1) is 0 Å². The van der Waals surface area contributed by atoms with Gasteiger partial charge >= 0.3 is 6.03 Å². The number of nitrogens with one attached hydrogen (secondary N) is 2. The maximum atomic E-state index is 12.0. The summed E-state index contributed by atoms with van der Waals surface area (Å²) in [6, 6.07) is 8.27. The van der Waals surface area contributed by atoms with Gasteiger partial charge in [0, 0.05) is 11.7 Å². The standard InChI is InChI=1S/C16H24N2O/c1-2-13-9-7-8-12-15(13)18-16(19)17-14-10-5-3-4-6-11-14/h7-9,12,14H,2-6,10-11H2,1H3,(H2,17,18,19). The molecule has 2 rings (SSSR count). The number of rotatable bonds is 3. The van der Waals surface area contributed by atoms with Gasteiger partial charge in [-0.2, -0.15) is 0 Å². The fourth-order valence-electron chi connectivity index (χ4n) is 2.72. The van der Waals surface area contributed by atoms with E-state index >= 15 is 0 Å². The van der Waals surface area contributed by atoms with Crippen molar-refractivity contribution in [3.63, 3.8) is 0 Å². The minimum absolute atomic E-state index is 0.0622. The van der Waals surface area contributed by atoms with E-state index in [4.69, 9.17) is 0 Å². The lowest BCUT2D eigenvalue weighted by Gasteiger charge is -2.17. The number of anilines is 1. The van der Waals surface area contributed by atoms with E-state index in [1.165, 1.54) is 31.2 Å². The van der Waals surface area contributed by atoms with Crippen LogP contribution in [0.2, 0.25) is 0 Å². The molecule has 0 aromatic heterocycles. The normalized spacial score (nSPS) is 16.7. The molecule has 1 aromatic rings. The van der Waals surface area contributed by atoms with Crippen LogP contribution in [0.4, 0.5) is 10.5 Å². The van der Waals surface area contributed by atoms with E-state index in [9.17, 15) is 4.79 Å². The SMILES string of the molecule is CCc1ccccc1NC(=O)NC1CCCCCC1. The lowest BCUT2D eigenvalue weighted by atomic mass is 10.1. The van der Waals surface area contributed by atoms with Gasteiger partial charge in [0.2, 0.25) is 0 Å². The van der Waals surface area contributed by atoms with Crippen molar-refractivity contribution in [1.29, 1.82) is 0 Å². The summed E-state index contributed by atoms with van der Waals surface area (Å²) in [4.78, 5) is 12.0. The van der Waals surface area contributed by atoms with Crippen LogP contribution in [-0.4, -0.2) is 12.1 Å². The largest absolute Gasteiger partial charge is 0.335 e. The highest BCUT2D eigenvalue weighted by atomic mass is 16.2. The Bertz CT molecular complexity index is 409. The zero-order valence-electron chi connectivity index (χ0n) is 11.7. The summed E-state index contributed by atoms with van der Waals surface area (Å²) in [6.45, 7) is 2.10. The number of hydrogen-bond donors (Lipinski definition) is 2. The fourth-order valence-corrected chi connectivity index (χ4v) is 2.72. The second kappa shape index (κ2) is 7.17. The quantitative estimate of drug-likeness (QED) is 0.789. The van der Waals surface area contributed by atoms with Crippen molar-refractivity contribution in [3.8, 4) is 0 Å². The molecule has 2 amide bonds. The second-order valence-corrected chi connectivity index (χ2v) is 5.30. The van der Waals surface area contributed by atoms with E-state index in [-0.39, 0.29) is 6.03 Å². The molecule has 104 valence electrons. The Balaban J connectivity index is 1.89. The topological polar surface area (TPSA) is 41.1 Å². The molecule has 0 spiro atoms. The molecule has 2 N–H and O–H groups in total. The van der Waals surface area contributed by atoms with E-state index in [0.29, 0.717) is 6.04 Å². The lowest BCUT2D eigenvalue weighted by molar-refractivity contribution is 0.247. The van der Waals surface area contributed by atoms with Crippen molar-refractivity contribution >= 4 is 11.7 Å².